The van der Waals surface area contributed by atoms with Gasteiger partial charge in [0.2, 0.25) is 5.91 Å². The zero-order valence-corrected chi connectivity index (χ0v) is 16.1. The lowest BCUT2D eigenvalue weighted by atomic mass is 9.94. The molecular formula is C20H24N4O4. The molecule has 3 aliphatic rings. The van der Waals surface area contributed by atoms with Crippen molar-refractivity contribution in [1.29, 1.82) is 0 Å². The van der Waals surface area contributed by atoms with E-state index in [0.717, 1.165) is 12.8 Å². The average molecular weight is 384 g/mol. The highest BCUT2D eigenvalue weighted by Gasteiger charge is 2.42. The van der Waals surface area contributed by atoms with Crippen LogP contribution in [0.5, 0.6) is 0 Å². The number of fused-ring (bicyclic) bond motifs is 5. The number of nitrogens with zero attached hydrogens (tertiary/aromatic N) is 4. The van der Waals surface area contributed by atoms with E-state index in [-0.39, 0.29) is 35.0 Å². The van der Waals surface area contributed by atoms with Crippen LogP contribution in [0, 0.1) is 5.92 Å². The van der Waals surface area contributed by atoms with Crippen molar-refractivity contribution in [3.63, 3.8) is 0 Å². The van der Waals surface area contributed by atoms with Crippen LogP contribution in [0.25, 0.3) is 10.8 Å². The van der Waals surface area contributed by atoms with Crippen molar-refractivity contribution in [1.82, 2.24) is 19.6 Å². The summed E-state index contributed by atoms with van der Waals surface area (Å²) < 4.78 is 6.35. The summed E-state index contributed by atoms with van der Waals surface area (Å²) in [6.45, 7) is 1.88. The minimum Gasteiger partial charge on any atom is -0.383 e. The van der Waals surface area contributed by atoms with Gasteiger partial charge >= 0.3 is 0 Å². The van der Waals surface area contributed by atoms with Gasteiger partial charge in [0.05, 0.1) is 17.9 Å². The Bertz CT molecular complexity index is 986. The van der Waals surface area contributed by atoms with Crippen molar-refractivity contribution in [3.05, 3.63) is 40.3 Å². The summed E-state index contributed by atoms with van der Waals surface area (Å²) in [5.41, 5.74) is 0.0268. The van der Waals surface area contributed by atoms with Gasteiger partial charge < -0.3 is 14.5 Å². The van der Waals surface area contributed by atoms with Crippen LogP contribution in [0.4, 0.5) is 0 Å². The second-order valence-electron chi connectivity index (χ2n) is 7.49. The Hall–Kier alpha value is -2.74. The van der Waals surface area contributed by atoms with Gasteiger partial charge in [0, 0.05) is 45.2 Å². The molecule has 0 N–H and O–H groups in total. The average Bonchev–Trinajstić information content (AvgIpc) is 3.00. The predicted octanol–water partition coefficient (Wildman–Crippen LogP) is 0.643. The third kappa shape index (κ3) is 3.07. The van der Waals surface area contributed by atoms with Crippen LogP contribution in [0.1, 0.15) is 23.3 Å². The SMILES string of the molecule is COCCN1C(=O)C2CCC1CN(C(=O)c1nn(C)c(=O)c3ccccc13)C2. The molecule has 2 unspecified atom stereocenters. The van der Waals surface area contributed by atoms with E-state index in [1.165, 1.54) is 4.68 Å². The third-order valence-electron chi connectivity index (χ3n) is 5.78. The van der Waals surface area contributed by atoms with Crippen LogP contribution in [0.3, 0.4) is 0 Å². The molecule has 2 amide bonds. The molecule has 3 fully saturated rings. The van der Waals surface area contributed by atoms with Gasteiger partial charge in [-0.2, -0.15) is 5.10 Å². The van der Waals surface area contributed by atoms with Gasteiger partial charge in [0.15, 0.2) is 5.69 Å². The minimum atomic E-state index is -0.232. The van der Waals surface area contributed by atoms with Crippen LogP contribution in [0.2, 0.25) is 0 Å². The summed E-state index contributed by atoms with van der Waals surface area (Å²) >= 11 is 0. The predicted molar refractivity (Wildman–Crippen MR) is 103 cm³/mol. The molecule has 2 atom stereocenters. The van der Waals surface area contributed by atoms with Crippen LogP contribution in [0.15, 0.2) is 29.1 Å². The normalized spacial score (nSPS) is 22.0. The van der Waals surface area contributed by atoms with Crippen molar-refractivity contribution >= 4 is 22.6 Å². The fourth-order valence-corrected chi connectivity index (χ4v) is 4.30. The fourth-order valence-electron chi connectivity index (χ4n) is 4.30. The maximum absolute atomic E-state index is 13.4. The molecule has 0 saturated carbocycles. The first-order chi connectivity index (χ1) is 13.5. The molecule has 3 saturated heterocycles. The molecule has 3 aliphatic heterocycles. The first-order valence-corrected chi connectivity index (χ1v) is 9.56. The highest BCUT2D eigenvalue weighted by molar-refractivity contribution is 6.05. The van der Waals surface area contributed by atoms with E-state index >= 15 is 0 Å². The van der Waals surface area contributed by atoms with Gasteiger partial charge in [-0.1, -0.05) is 18.2 Å². The number of benzene rings is 1. The smallest absolute Gasteiger partial charge is 0.275 e. The van der Waals surface area contributed by atoms with Crippen molar-refractivity contribution in [3.8, 4) is 0 Å². The van der Waals surface area contributed by atoms with E-state index in [1.54, 1.807) is 43.3 Å². The van der Waals surface area contributed by atoms with Gasteiger partial charge in [0.1, 0.15) is 0 Å². The van der Waals surface area contributed by atoms with E-state index in [0.29, 0.717) is 37.0 Å². The number of rotatable bonds is 4. The number of piperidine rings is 1. The Labute approximate surface area is 162 Å². The van der Waals surface area contributed by atoms with Crippen molar-refractivity contribution in [2.24, 2.45) is 13.0 Å². The zero-order chi connectivity index (χ0) is 19.8. The molecule has 8 nitrogen and oxygen atoms in total. The number of aromatic nitrogens is 2. The van der Waals surface area contributed by atoms with Crippen molar-refractivity contribution in [2.45, 2.75) is 18.9 Å². The monoisotopic (exact) mass is 384 g/mol. The third-order valence-corrected chi connectivity index (χ3v) is 5.78. The summed E-state index contributed by atoms with van der Waals surface area (Å²) in [6.07, 6.45) is 1.67. The van der Waals surface area contributed by atoms with E-state index < -0.39 is 0 Å². The Balaban J connectivity index is 1.68. The topological polar surface area (TPSA) is 84.7 Å². The molecule has 0 spiro atoms. The Morgan fingerprint density at radius 2 is 1.93 bits per heavy atom. The molecule has 8 heteroatoms. The second-order valence-corrected chi connectivity index (χ2v) is 7.49. The van der Waals surface area contributed by atoms with E-state index in [1.807, 2.05) is 4.90 Å². The number of ether oxygens (including phenoxy) is 1. The van der Waals surface area contributed by atoms with Crippen molar-refractivity contribution < 1.29 is 14.3 Å². The van der Waals surface area contributed by atoms with Gasteiger partial charge in [-0.25, -0.2) is 4.68 Å². The van der Waals surface area contributed by atoms with Crippen LogP contribution >= 0.6 is 0 Å². The number of carbonyl (C=O) groups excluding carboxylic acids is 2. The summed E-state index contributed by atoms with van der Waals surface area (Å²) in [5, 5.41) is 5.28. The van der Waals surface area contributed by atoms with Gasteiger partial charge in [-0.15, -0.1) is 0 Å². The molecule has 4 heterocycles. The van der Waals surface area contributed by atoms with E-state index in [9.17, 15) is 14.4 Å². The molecule has 0 radical (unpaired) electrons. The van der Waals surface area contributed by atoms with E-state index in [2.05, 4.69) is 5.10 Å². The standard InChI is InChI=1S/C20H24N4O4/c1-22-19(26)16-6-4-3-5-15(16)17(21-22)20(27)23-11-13-7-8-14(12-23)24(18(13)25)9-10-28-2/h3-6,13-14H,7-12H2,1-2H3. The van der Waals surface area contributed by atoms with E-state index in [4.69, 9.17) is 4.74 Å². The molecular weight excluding hydrogens is 360 g/mol. The second kappa shape index (κ2) is 7.35. The molecule has 0 aliphatic carbocycles. The number of hydrogen-bond donors (Lipinski definition) is 0. The summed E-state index contributed by atoms with van der Waals surface area (Å²) in [7, 11) is 3.17. The molecule has 5 rings (SSSR count). The Morgan fingerprint density at radius 1 is 1.18 bits per heavy atom. The molecule has 1 aromatic heterocycles. The molecule has 148 valence electrons. The molecule has 2 bridgehead atoms. The lowest BCUT2D eigenvalue weighted by molar-refractivity contribution is -0.140. The highest BCUT2D eigenvalue weighted by Crippen LogP contribution is 2.30. The zero-order valence-electron chi connectivity index (χ0n) is 16.1. The van der Waals surface area contributed by atoms with Gasteiger partial charge in [-0.05, 0) is 18.9 Å². The van der Waals surface area contributed by atoms with Crippen LogP contribution in [-0.2, 0) is 16.6 Å². The minimum absolute atomic E-state index is 0.0101. The lowest BCUT2D eigenvalue weighted by Crippen LogP contribution is -2.49. The number of methoxy groups -OCH3 is 1. The lowest BCUT2D eigenvalue weighted by Gasteiger charge is -2.35. The molecule has 2 aromatic rings. The maximum Gasteiger partial charge on any atom is 0.275 e. The highest BCUT2D eigenvalue weighted by atomic mass is 16.5. The Morgan fingerprint density at radius 3 is 2.68 bits per heavy atom. The first-order valence-electron chi connectivity index (χ1n) is 9.56. The first kappa shape index (κ1) is 18.6. The fraction of sp³-hybridized carbons (Fsp3) is 0.500. The van der Waals surface area contributed by atoms with Crippen LogP contribution in [-0.4, -0.2) is 70.8 Å². The summed E-state index contributed by atoms with van der Waals surface area (Å²) in [4.78, 5) is 42.1. The van der Waals surface area contributed by atoms with Crippen LogP contribution < -0.4 is 5.56 Å². The number of amides is 2. The summed E-state index contributed by atoms with van der Waals surface area (Å²) in [5.74, 6) is -0.328. The maximum atomic E-state index is 13.4. The van der Waals surface area contributed by atoms with Gasteiger partial charge in [-0.3, -0.25) is 14.4 Å². The number of aryl methyl sites for hydroxylation is 1. The number of hydrogen-bond acceptors (Lipinski definition) is 5. The van der Waals surface area contributed by atoms with Crippen molar-refractivity contribution in [2.75, 3.05) is 33.4 Å². The molecule has 28 heavy (non-hydrogen) atoms. The number of carbonyl (C=O) groups is 2. The van der Waals surface area contributed by atoms with Gasteiger partial charge in [0.25, 0.3) is 11.5 Å². The Kier molecular flexibility index (Phi) is 4.89. The largest absolute Gasteiger partial charge is 0.383 e. The molecule has 1 aromatic carbocycles. The summed E-state index contributed by atoms with van der Waals surface area (Å²) in [6, 6.07) is 7.01. The quantitative estimate of drug-likeness (QED) is 0.773.